The van der Waals surface area contributed by atoms with Crippen molar-refractivity contribution in [2.24, 2.45) is 0 Å². The van der Waals surface area contributed by atoms with E-state index in [1.54, 1.807) is 0 Å². The van der Waals surface area contributed by atoms with Crippen LogP contribution < -0.4 is 0 Å². The fourth-order valence-electron chi connectivity index (χ4n) is 2.63. The second kappa shape index (κ2) is 3.69. The van der Waals surface area contributed by atoms with Crippen LogP contribution in [0.1, 0.15) is 38.1 Å². The van der Waals surface area contributed by atoms with Gasteiger partial charge in [0, 0.05) is 6.04 Å². The van der Waals surface area contributed by atoms with E-state index >= 15 is 0 Å². The van der Waals surface area contributed by atoms with E-state index in [1.165, 1.54) is 37.6 Å². The number of rotatable bonds is 1. The van der Waals surface area contributed by atoms with Crippen molar-refractivity contribution in [2.75, 3.05) is 0 Å². The minimum absolute atomic E-state index is 0.686. The van der Waals surface area contributed by atoms with Crippen LogP contribution in [0.2, 0.25) is 0 Å². The number of fused-ring (bicyclic) bond motifs is 1. The SMILES string of the molecule is c1ccc2c(c1)ncn2C1CCCCC1. The molecule has 1 saturated carbocycles. The third-order valence-corrected chi connectivity index (χ3v) is 3.45. The van der Waals surface area contributed by atoms with Crippen LogP contribution in [-0.2, 0) is 0 Å². The molecule has 2 nitrogen and oxygen atoms in total. The average Bonchev–Trinajstić information content (AvgIpc) is 2.74. The van der Waals surface area contributed by atoms with E-state index in [2.05, 4.69) is 33.8 Å². The van der Waals surface area contributed by atoms with Crippen LogP contribution in [0, 0.1) is 0 Å². The predicted octanol–water partition coefficient (Wildman–Crippen LogP) is 3.54. The number of para-hydroxylation sites is 2. The zero-order chi connectivity index (χ0) is 10.1. The van der Waals surface area contributed by atoms with Crippen LogP contribution >= 0.6 is 0 Å². The molecule has 1 fully saturated rings. The Labute approximate surface area is 89.9 Å². The standard InChI is InChI=1S/C13H16N2/c1-2-6-11(7-3-1)15-10-14-12-8-4-5-9-13(12)15/h4-5,8-11H,1-3,6-7H2. The van der Waals surface area contributed by atoms with E-state index in [9.17, 15) is 0 Å². The molecule has 0 saturated heterocycles. The molecule has 0 bridgehead atoms. The normalized spacial score (nSPS) is 18.4. The van der Waals surface area contributed by atoms with Crippen molar-refractivity contribution in [1.29, 1.82) is 0 Å². The van der Waals surface area contributed by atoms with Crippen LogP contribution in [0.5, 0.6) is 0 Å². The Hall–Kier alpha value is -1.31. The summed E-state index contributed by atoms with van der Waals surface area (Å²) in [5.41, 5.74) is 2.42. The Balaban J connectivity index is 2.02. The van der Waals surface area contributed by atoms with Gasteiger partial charge in [-0.2, -0.15) is 0 Å². The van der Waals surface area contributed by atoms with Crippen molar-refractivity contribution in [1.82, 2.24) is 9.55 Å². The van der Waals surface area contributed by atoms with Crippen molar-refractivity contribution in [2.45, 2.75) is 38.1 Å². The minimum Gasteiger partial charge on any atom is -0.327 e. The van der Waals surface area contributed by atoms with Gasteiger partial charge in [0.1, 0.15) is 0 Å². The topological polar surface area (TPSA) is 17.8 Å². The molecule has 1 aliphatic rings. The Morgan fingerprint density at radius 2 is 1.87 bits per heavy atom. The van der Waals surface area contributed by atoms with Gasteiger partial charge in [-0.1, -0.05) is 31.4 Å². The first kappa shape index (κ1) is 8.96. The van der Waals surface area contributed by atoms with Crippen molar-refractivity contribution in [3.05, 3.63) is 30.6 Å². The summed E-state index contributed by atoms with van der Waals surface area (Å²) in [5.74, 6) is 0. The van der Waals surface area contributed by atoms with Crippen LogP contribution in [-0.4, -0.2) is 9.55 Å². The summed E-state index contributed by atoms with van der Waals surface area (Å²) in [4.78, 5) is 4.46. The van der Waals surface area contributed by atoms with Gasteiger partial charge in [0.05, 0.1) is 17.4 Å². The van der Waals surface area contributed by atoms with Gasteiger partial charge in [-0.15, -0.1) is 0 Å². The van der Waals surface area contributed by atoms with Crippen molar-refractivity contribution < 1.29 is 0 Å². The first-order chi connectivity index (χ1) is 7.45. The number of aromatic nitrogens is 2. The summed E-state index contributed by atoms with van der Waals surface area (Å²) >= 11 is 0. The molecule has 0 amide bonds. The van der Waals surface area contributed by atoms with Crippen LogP contribution in [0.25, 0.3) is 11.0 Å². The van der Waals surface area contributed by atoms with E-state index in [0.29, 0.717) is 6.04 Å². The van der Waals surface area contributed by atoms with Crippen LogP contribution in [0.4, 0.5) is 0 Å². The Bertz CT molecular complexity index is 452. The smallest absolute Gasteiger partial charge is 0.0960 e. The average molecular weight is 200 g/mol. The van der Waals surface area contributed by atoms with Gasteiger partial charge in [0.2, 0.25) is 0 Å². The van der Waals surface area contributed by atoms with Crippen molar-refractivity contribution in [3.63, 3.8) is 0 Å². The summed E-state index contributed by atoms with van der Waals surface area (Å²) in [6.45, 7) is 0. The number of benzene rings is 1. The van der Waals surface area contributed by atoms with Gasteiger partial charge in [-0.3, -0.25) is 0 Å². The maximum absolute atomic E-state index is 4.46. The Kier molecular flexibility index (Phi) is 2.20. The first-order valence-electron chi connectivity index (χ1n) is 5.87. The fourth-order valence-corrected chi connectivity index (χ4v) is 2.63. The monoisotopic (exact) mass is 200 g/mol. The van der Waals surface area contributed by atoms with E-state index in [1.807, 2.05) is 6.33 Å². The highest BCUT2D eigenvalue weighted by atomic mass is 15.1. The summed E-state index contributed by atoms with van der Waals surface area (Å²) < 4.78 is 2.37. The summed E-state index contributed by atoms with van der Waals surface area (Å²) in [6, 6.07) is 9.11. The summed E-state index contributed by atoms with van der Waals surface area (Å²) in [5, 5.41) is 0. The second-order valence-corrected chi connectivity index (χ2v) is 4.43. The van der Waals surface area contributed by atoms with Crippen molar-refractivity contribution >= 4 is 11.0 Å². The Morgan fingerprint density at radius 3 is 2.73 bits per heavy atom. The summed E-state index contributed by atoms with van der Waals surface area (Å²) in [6.07, 6.45) is 8.80. The molecular weight excluding hydrogens is 184 g/mol. The van der Waals surface area contributed by atoms with E-state index in [0.717, 1.165) is 5.52 Å². The van der Waals surface area contributed by atoms with Gasteiger partial charge >= 0.3 is 0 Å². The molecule has 0 N–H and O–H groups in total. The van der Waals surface area contributed by atoms with Crippen LogP contribution in [0.3, 0.4) is 0 Å². The molecule has 2 heteroatoms. The van der Waals surface area contributed by atoms with E-state index < -0.39 is 0 Å². The number of hydrogen-bond acceptors (Lipinski definition) is 1. The maximum atomic E-state index is 4.46. The molecule has 2 aromatic rings. The van der Waals surface area contributed by atoms with Gasteiger partial charge in [-0.05, 0) is 25.0 Å². The first-order valence-corrected chi connectivity index (χ1v) is 5.87. The molecule has 1 aliphatic carbocycles. The fraction of sp³-hybridized carbons (Fsp3) is 0.462. The Morgan fingerprint density at radius 1 is 1.07 bits per heavy atom. The molecule has 15 heavy (non-hydrogen) atoms. The zero-order valence-electron chi connectivity index (χ0n) is 8.89. The quantitative estimate of drug-likeness (QED) is 0.688. The molecular formula is C13H16N2. The molecule has 0 aliphatic heterocycles. The molecule has 1 aromatic carbocycles. The lowest BCUT2D eigenvalue weighted by atomic mass is 9.95. The lowest BCUT2D eigenvalue weighted by Gasteiger charge is -2.23. The van der Waals surface area contributed by atoms with Gasteiger partial charge < -0.3 is 4.57 Å². The van der Waals surface area contributed by atoms with E-state index in [4.69, 9.17) is 0 Å². The molecule has 1 heterocycles. The second-order valence-electron chi connectivity index (χ2n) is 4.43. The van der Waals surface area contributed by atoms with Gasteiger partial charge in [0.15, 0.2) is 0 Å². The molecule has 0 spiro atoms. The molecule has 78 valence electrons. The molecule has 1 aromatic heterocycles. The maximum Gasteiger partial charge on any atom is 0.0960 e. The van der Waals surface area contributed by atoms with Crippen LogP contribution in [0.15, 0.2) is 30.6 Å². The number of hydrogen-bond donors (Lipinski definition) is 0. The molecule has 0 unspecified atom stereocenters. The highest BCUT2D eigenvalue weighted by Gasteiger charge is 2.16. The summed E-state index contributed by atoms with van der Waals surface area (Å²) in [7, 11) is 0. The lowest BCUT2D eigenvalue weighted by molar-refractivity contribution is 0.359. The molecule has 3 rings (SSSR count). The number of nitrogens with zero attached hydrogens (tertiary/aromatic N) is 2. The number of imidazole rings is 1. The minimum atomic E-state index is 0.686. The highest BCUT2D eigenvalue weighted by Crippen LogP contribution is 2.30. The third-order valence-electron chi connectivity index (χ3n) is 3.45. The molecule has 0 atom stereocenters. The van der Waals surface area contributed by atoms with Gasteiger partial charge in [0.25, 0.3) is 0 Å². The van der Waals surface area contributed by atoms with Crippen molar-refractivity contribution in [3.8, 4) is 0 Å². The zero-order valence-corrected chi connectivity index (χ0v) is 8.89. The third kappa shape index (κ3) is 1.54. The van der Waals surface area contributed by atoms with E-state index in [-0.39, 0.29) is 0 Å². The molecule has 0 radical (unpaired) electrons. The van der Waals surface area contributed by atoms with Gasteiger partial charge in [-0.25, -0.2) is 4.98 Å². The highest BCUT2D eigenvalue weighted by molar-refractivity contribution is 5.75. The predicted molar refractivity (Wildman–Crippen MR) is 61.9 cm³/mol. The largest absolute Gasteiger partial charge is 0.327 e. The lowest BCUT2D eigenvalue weighted by Crippen LogP contribution is -2.11.